The molecule has 1 unspecified atom stereocenters. The van der Waals surface area contributed by atoms with E-state index in [-0.39, 0.29) is 11.9 Å². The second-order valence-electron chi connectivity index (χ2n) is 5.08. The van der Waals surface area contributed by atoms with E-state index >= 15 is 0 Å². The fourth-order valence-electron chi connectivity index (χ4n) is 2.39. The van der Waals surface area contributed by atoms with E-state index in [2.05, 4.69) is 33.4 Å². The molecule has 2 aromatic rings. The molecule has 0 aliphatic heterocycles. The second-order valence-corrected chi connectivity index (χ2v) is 7.09. The number of nitrogens with one attached hydrogen (secondary N) is 1. The Kier molecular flexibility index (Phi) is 5.85. The lowest BCUT2D eigenvalue weighted by atomic mass is 9.99. The van der Waals surface area contributed by atoms with Crippen molar-refractivity contribution < 1.29 is 4.39 Å². The molecule has 1 nitrogen and oxygen atoms in total. The quantitative estimate of drug-likeness (QED) is 0.723. The minimum Gasteiger partial charge on any atom is -0.312 e. The summed E-state index contributed by atoms with van der Waals surface area (Å²) >= 11 is 5.16. The third-order valence-corrected chi connectivity index (χ3v) is 5.04. The number of hydrogen-bond donors (Lipinski definition) is 1. The molecule has 21 heavy (non-hydrogen) atoms. The van der Waals surface area contributed by atoms with E-state index in [1.165, 1.54) is 4.90 Å². The fraction of sp³-hybridized carbons (Fsp3) is 0.294. The van der Waals surface area contributed by atoms with Gasteiger partial charge in [-0.15, -0.1) is 11.8 Å². The van der Waals surface area contributed by atoms with Gasteiger partial charge in [0.05, 0.1) is 0 Å². The van der Waals surface area contributed by atoms with Crippen molar-refractivity contribution >= 4 is 27.7 Å². The standard InChI is InChI=1S/C17H19BrFNS/c1-11-8-12(2)17(15(19)9-11)16(20-3)10-21-14-6-4-13(18)5-7-14/h4-9,16,20H,10H2,1-3H3. The number of benzene rings is 2. The van der Waals surface area contributed by atoms with Crippen molar-refractivity contribution in [2.75, 3.05) is 12.8 Å². The van der Waals surface area contributed by atoms with Gasteiger partial charge in [0.15, 0.2) is 0 Å². The summed E-state index contributed by atoms with van der Waals surface area (Å²) in [6.45, 7) is 3.89. The Labute approximate surface area is 138 Å². The van der Waals surface area contributed by atoms with Crippen LogP contribution in [0.4, 0.5) is 4.39 Å². The van der Waals surface area contributed by atoms with Crippen LogP contribution in [0.2, 0.25) is 0 Å². The molecule has 1 atom stereocenters. The van der Waals surface area contributed by atoms with Crippen LogP contribution in [0.5, 0.6) is 0 Å². The summed E-state index contributed by atoms with van der Waals surface area (Å²) in [6.07, 6.45) is 0. The molecule has 0 heterocycles. The SMILES string of the molecule is CNC(CSc1ccc(Br)cc1)c1c(C)cc(C)cc1F. The number of aryl methyl sites for hydroxylation is 2. The van der Waals surface area contributed by atoms with Gasteiger partial charge in [-0.25, -0.2) is 4.39 Å². The van der Waals surface area contributed by atoms with Crippen LogP contribution in [0.3, 0.4) is 0 Å². The van der Waals surface area contributed by atoms with Crippen molar-refractivity contribution in [3.63, 3.8) is 0 Å². The lowest BCUT2D eigenvalue weighted by Crippen LogP contribution is -2.21. The maximum Gasteiger partial charge on any atom is 0.128 e. The van der Waals surface area contributed by atoms with Crippen LogP contribution in [0.15, 0.2) is 45.8 Å². The first-order valence-corrected chi connectivity index (χ1v) is 8.61. The fourth-order valence-corrected chi connectivity index (χ4v) is 3.67. The van der Waals surface area contributed by atoms with Gasteiger partial charge in [0.1, 0.15) is 5.82 Å². The molecule has 0 aliphatic rings. The van der Waals surface area contributed by atoms with Crippen molar-refractivity contribution in [2.24, 2.45) is 0 Å². The Hall–Kier alpha value is -0.840. The number of rotatable bonds is 5. The van der Waals surface area contributed by atoms with Crippen molar-refractivity contribution in [3.05, 3.63) is 63.4 Å². The first kappa shape index (κ1) is 16.5. The summed E-state index contributed by atoms with van der Waals surface area (Å²) in [5.41, 5.74) is 2.74. The van der Waals surface area contributed by atoms with E-state index < -0.39 is 0 Å². The molecule has 0 radical (unpaired) electrons. The van der Waals surface area contributed by atoms with Crippen molar-refractivity contribution in [3.8, 4) is 0 Å². The van der Waals surface area contributed by atoms with Crippen LogP contribution in [-0.2, 0) is 0 Å². The average Bonchev–Trinajstić information content (AvgIpc) is 2.43. The predicted octanol–water partition coefficient (Wildman–Crippen LogP) is 5.26. The molecule has 0 saturated carbocycles. The summed E-state index contributed by atoms with van der Waals surface area (Å²) in [4.78, 5) is 1.18. The highest BCUT2D eigenvalue weighted by molar-refractivity contribution is 9.10. The highest BCUT2D eigenvalue weighted by atomic mass is 79.9. The molecule has 0 aliphatic carbocycles. The molecular weight excluding hydrogens is 349 g/mol. The van der Waals surface area contributed by atoms with Gasteiger partial charge < -0.3 is 5.32 Å². The highest BCUT2D eigenvalue weighted by Gasteiger charge is 2.17. The normalized spacial score (nSPS) is 12.4. The molecular formula is C17H19BrFNS. The van der Waals surface area contributed by atoms with Crippen LogP contribution in [0, 0.1) is 19.7 Å². The maximum absolute atomic E-state index is 14.3. The van der Waals surface area contributed by atoms with Crippen LogP contribution in [-0.4, -0.2) is 12.8 Å². The van der Waals surface area contributed by atoms with Gasteiger partial charge in [-0.3, -0.25) is 0 Å². The summed E-state index contributed by atoms with van der Waals surface area (Å²) < 4.78 is 15.3. The summed E-state index contributed by atoms with van der Waals surface area (Å²) in [5, 5.41) is 3.23. The summed E-state index contributed by atoms with van der Waals surface area (Å²) in [6, 6.07) is 11.8. The topological polar surface area (TPSA) is 12.0 Å². The van der Waals surface area contributed by atoms with Gasteiger partial charge in [0.25, 0.3) is 0 Å². The van der Waals surface area contributed by atoms with Crippen LogP contribution in [0.25, 0.3) is 0 Å². The monoisotopic (exact) mass is 367 g/mol. The van der Waals surface area contributed by atoms with Gasteiger partial charge in [-0.2, -0.15) is 0 Å². The summed E-state index contributed by atoms with van der Waals surface area (Å²) in [5.74, 6) is 0.669. The molecule has 0 aromatic heterocycles. The largest absolute Gasteiger partial charge is 0.312 e. The van der Waals surface area contributed by atoms with E-state index in [9.17, 15) is 4.39 Å². The Morgan fingerprint density at radius 3 is 2.43 bits per heavy atom. The maximum atomic E-state index is 14.3. The molecule has 2 rings (SSSR count). The first-order valence-electron chi connectivity index (χ1n) is 6.83. The number of thioether (sulfide) groups is 1. The first-order chi connectivity index (χ1) is 10.0. The predicted molar refractivity (Wildman–Crippen MR) is 92.5 cm³/mol. The number of hydrogen-bond acceptors (Lipinski definition) is 2. The third kappa shape index (κ3) is 4.31. The van der Waals surface area contributed by atoms with Crippen molar-refractivity contribution in [2.45, 2.75) is 24.8 Å². The zero-order valence-electron chi connectivity index (χ0n) is 12.4. The van der Waals surface area contributed by atoms with Crippen molar-refractivity contribution in [1.82, 2.24) is 5.32 Å². The number of halogens is 2. The van der Waals surface area contributed by atoms with Gasteiger partial charge in [-0.1, -0.05) is 22.0 Å². The zero-order chi connectivity index (χ0) is 15.4. The van der Waals surface area contributed by atoms with E-state index in [1.54, 1.807) is 17.8 Å². The highest BCUT2D eigenvalue weighted by Crippen LogP contribution is 2.29. The van der Waals surface area contributed by atoms with Gasteiger partial charge >= 0.3 is 0 Å². The Morgan fingerprint density at radius 1 is 1.19 bits per heavy atom. The molecule has 0 saturated heterocycles. The molecule has 0 bridgehead atoms. The van der Waals surface area contributed by atoms with Crippen LogP contribution < -0.4 is 5.32 Å². The summed E-state index contributed by atoms with van der Waals surface area (Å²) in [7, 11) is 1.88. The van der Waals surface area contributed by atoms with Gasteiger partial charge in [0, 0.05) is 26.7 Å². The second kappa shape index (κ2) is 7.43. The van der Waals surface area contributed by atoms with E-state index in [0.29, 0.717) is 0 Å². The van der Waals surface area contributed by atoms with Gasteiger partial charge in [0.2, 0.25) is 0 Å². The lowest BCUT2D eigenvalue weighted by molar-refractivity contribution is 0.561. The minimum absolute atomic E-state index is 0.000697. The van der Waals surface area contributed by atoms with E-state index in [0.717, 1.165) is 26.9 Å². The average molecular weight is 368 g/mol. The molecule has 0 spiro atoms. The lowest BCUT2D eigenvalue weighted by Gasteiger charge is -2.20. The molecule has 1 N–H and O–H groups in total. The molecule has 0 amide bonds. The van der Waals surface area contributed by atoms with Crippen LogP contribution in [0.1, 0.15) is 22.7 Å². The molecule has 2 aromatic carbocycles. The Bertz CT molecular complexity index is 590. The Morgan fingerprint density at radius 2 is 1.86 bits per heavy atom. The minimum atomic E-state index is -0.122. The van der Waals surface area contributed by atoms with E-state index in [4.69, 9.17) is 0 Å². The zero-order valence-corrected chi connectivity index (χ0v) is 14.8. The van der Waals surface area contributed by atoms with Crippen molar-refractivity contribution in [1.29, 1.82) is 0 Å². The smallest absolute Gasteiger partial charge is 0.128 e. The molecule has 112 valence electrons. The van der Waals surface area contributed by atoms with Crippen LogP contribution >= 0.6 is 27.7 Å². The van der Waals surface area contributed by atoms with E-state index in [1.807, 2.05) is 39.1 Å². The Balaban J connectivity index is 2.15. The molecule has 0 fully saturated rings. The molecule has 4 heteroatoms. The van der Waals surface area contributed by atoms with Gasteiger partial charge in [-0.05, 0) is 62.4 Å². The third-order valence-electron chi connectivity index (χ3n) is 3.41.